The summed E-state index contributed by atoms with van der Waals surface area (Å²) < 4.78 is 296. The summed E-state index contributed by atoms with van der Waals surface area (Å²) in [6, 6.07) is 7.76. The standard InChI is InChI=1S/C24BF20.C12H12NOS/c26-5-1(6(27)14(35)21(42)13(5)34)25(2-7(28)15(36)22(43)16(37)8(2)29,3-9(30)17(38)23(44)18(39)10(3)31)4-11(32)19(40)24(45)20(41)12(4)33;1-10(14)12-4-2-11(3-5-12)8-13-6-7-15-9-13/h;2-7,9H,8H2,1H3/q-1;+1. The van der Waals surface area contributed by atoms with Crippen LogP contribution < -0.4 is 26.4 Å². The van der Waals surface area contributed by atoms with Crippen molar-refractivity contribution in [2.45, 2.75) is 13.5 Å². The van der Waals surface area contributed by atoms with Crippen LogP contribution in [0.1, 0.15) is 22.8 Å². The average molecular weight is 897 g/mol. The van der Waals surface area contributed by atoms with Crippen molar-refractivity contribution < 1.29 is 97.2 Å². The molecule has 2 nitrogen and oxygen atoms in total. The number of halogens is 20. The van der Waals surface area contributed by atoms with Crippen LogP contribution in [0.2, 0.25) is 0 Å². The maximum atomic E-state index is 15.4. The summed E-state index contributed by atoms with van der Waals surface area (Å²) in [6.07, 6.45) is -5.17. The molecule has 0 aliphatic carbocycles. The quantitative estimate of drug-likeness (QED) is 0.0397. The Labute approximate surface area is 324 Å². The lowest BCUT2D eigenvalue weighted by Crippen LogP contribution is -2.81. The first-order valence-corrected chi connectivity index (χ1v) is 16.6. The highest BCUT2D eigenvalue weighted by Crippen LogP contribution is 2.30. The van der Waals surface area contributed by atoms with Crippen molar-refractivity contribution in [3.8, 4) is 0 Å². The molecule has 0 bridgehead atoms. The third-order valence-electron chi connectivity index (χ3n) is 8.96. The molecular formula is C36H12BF20NOS. The van der Waals surface area contributed by atoms with Crippen LogP contribution in [0.15, 0.2) is 41.4 Å². The number of nitrogens with zero attached hydrogens (tertiary/aromatic N) is 1. The molecule has 0 radical (unpaired) electrons. The molecule has 0 amide bonds. The van der Waals surface area contributed by atoms with Crippen LogP contribution in [0, 0.1) is 116 Å². The van der Waals surface area contributed by atoms with Gasteiger partial charge in [0, 0.05) is 11.1 Å². The fraction of sp³-hybridized carbons (Fsp3) is 0.0556. The highest BCUT2D eigenvalue weighted by Gasteiger charge is 2.52. The predicted molar refractivity (Wildman–Crippen MR) is 169 cm³/mol. The number of carbonyl (C=O) groups is 1. The molecule has 0 fully saturated rings. The van der Waals surface area contributed by atoms with Gasteiger partial charge in [-0.25, -0.2) is 87.8 Å². The van der Waals surface area contributed by atoms with Crippen LogP contribution in [0.3, 0.4) is 0 Å². The maximum Gasteiger partial charge on any atom is 0.224 e. The summed E-state index contributed by atoms with van der Waals surface area (Å²) in [5.74, 6) is -71.3. The molecule has 0 atom stereocenters. The Morgan fingerprint density at radius 3 is 0.900 bits per heavy atom. The van der Waals surface area contributed by atoms with E-state index in [1.165, 1.54) is 5.56 Å². The summed E-state index contributed by atoms with van der Waals surface area (Å²) in [4.78, 5) is 11.1. The summed E-state index contributed by atoms with van der Waals surface area (Å²) in [6.45, 7) is 2.45. The lowest BCUT2D eigenvalue weighted by atomic mass is 9.12. The Balaban J connectivity index is 0.000000379. The van der Waals surface area contributed by atoms with Gasteiger partial charge in [-0.1, -0.05) is 35.6 Å². The molecule has 0 aliphatic heterocycles. The molecule has 6 rings (SSSR count). The third kappa shape index (κ3) is 7.02. The number of Topliss-reactive ketones (excluding diaryl/α,β-unsaturated/α-hetero) is 1. The van der Waals surface area contributed by atoms with E-state index in [1.807, 2.05) is 35.8 Å². The zero-order valence-electron chi connectivity index (χ0n) is 28.6. The Kier molecular flexibility index (Phi) is 12.5. The van der Waals surface area contributed by atoms with Crippen molar-refractivity contribution in [2.75, 3.05) is 0 Å². The minimum absolute atomic E-state index is 0.115. The highest BCUT2D eigenvalue weighted by molar-refractivity contribution is 7.20. The van der Waals surface area contributed by atoms with Gasteiger partial charge in [-0.05, 0) is 6.92 Å². The molecule has 1 heterocycles. The first-order chi connectivity index (χ1) is 28.0. The van der Waals surface area contributed by atoms with Gasteiger partial charge in [0.15, 0.2) is 88.3 Å². The molecule has 5 aromatic carbocycles. The number of rotatable bonds is 7. The van der Waals surface area contributed by atoms with Gasteiger partial charge in [0.25, 0.3) is 0 Å². The number of carbonyl (C=O) groups excluding carboxylic acids is 1. The lowest BCUT2D eigenvalue weighted by Gasteiger charge is -2.44. The molecule has 0 saturated heterocycles. The second kappa shape index (κ2) is 16.6. The Hall–Kier alpha value is -5.94. The van der Waals surface area contributed by atoms with E-state index in [1.54, 1.807) is 18.3 Å². The van der Waals surface area contributed by atoms with Crippen molar-refractivity contribution in [1.29, 1.82) is 0 Å². The van der Waals surface area contributed by atoms with E-state index in [0.717, 1.165) is 12.1 Å². The van der Waals surface area contributed by atoms with Crippen LogP contribution in [0.5, 0.6) is 0 Å². The number of thiazole rings is 1. The van der Waals surface area contributed by atoms with Crippen molar-refractivity contribution in [1.82, 2.24) is 0 Å². The number of aromatic nitrogens is 1. The Bertz CT molecular complexity index is 2330. The van der Waals surface area contributed by atoms with E-state index in [4.69, 9.17) is 0 Å². The van der Waals surface area contributed by atoms with Gasteiger partial charge in [-0.2, -0.15) is 4.57 Å². The zero-order valence-corrected chi connectivity index (χ0v) is 29.5. The van der Waals surface area contributed by atoms with Crippen LogP contribution >= 0.6 is 11.3 Å². The molecule has 0 N–H and O–H groups in total. The summed E-state index contributed by atoms with van der Waals surface area (Å²) in [7, 11) is 0. The van der Waals surface area contributed by atoms with Gasteiger partial charge >= 0.3 is 0 Å². The van der Waals surface area contributed by atoms with Gasteiger partial charge < -0.3 is 0 Å². The van der Waals surface area contributed by atoms with E-state index >= 15 is 35.1 Å². The number of hydrogen-bond acceptors (Lipinski definition) is 2. The van der Waals surface area contributed by atoms with E-state index in [9.17, 15) is 57.5 Å². The molecule has 0 unspecified atom stereocenters. The van der Waals surface area contributed by atoms with Crippen LogP contribution in [0.4, 0.5) is 87.8 Å². The fourth-order valence-corrected chi connectivity index (χ4v) is 6.88. The maximum absolute atomic E-state index is 15.4. The van der Waals surface area contributed by atoms with Crippen molar-refractivity contribution >= 4 is 45.1 Å². The molecule has 316 valence electrons. The minimum atomic E-state index is -7.22. The monoisotopic (exact) mass is 897 g/mol. The first kappa shape index (κ1) is 45.2. The van der Waals surface area contributed by atoms with E-state index < -0.39 is 144 Å². The fourth-order valence-electron chi connectivity index (χ4n) is 6.28. The summed E-state index contributed by atoms with van der Waals surface area (Å²) >= 11 is 1.68. The Morgan fingerprint density at radius 2 is 0.683 bits per heavy atom. The molecular weight excluding hydrogens is 885 g/mol. The largest absolute Gasteiger partial charge is 0.295 e. The molecule has 24 heteroatoms. The van der Waals surface area contributed by atoms with Crippen molar-refractivity contribution in [3.63, 3.8) is 0 Å². The van der Waals surface area contributed by atoms with E-state index in [2.05, 4.69) is 10.1 Å². The zero-order chi connectivity index (χ0) is 45.0. The van der Waals surface area contributed by atoms with Gasteiger partial charge in [0.05, 0.1) is 5.38 Å². The predicted octanol–water partition coefficient (Wildman–Crippen LogP) is 8.13. The summed E-state index contributed by atoms with van der Waals surface area (Å²) in [5.41, 5.74) is -10.3. The summed E-state index contributed by atoms with van der Waals surface area (Å²) in [5, 5.41) is 2.05. The average Bonchev–Trinajstić information content (AvgIpc) is 3.74. The Morgan fingerprint density at radius 1 is 0.433 bits per heavy atom. The topological polar surface area (TPSA) is 20.9 Å². The number of benzene rings is 5. The molecule has 60 heavy (non-hydrogen) atoms. The van der Waals surface area contributed by atoms with Gasteiger partial charge in [-0.15, -0.1) is 21.9 Å². The second-order valence-electron chi connectivity index (χ2n) is 12.3. The lowest BCUT2D eigenvalue weighted by molar-refractivity contribution is -0.683. The van der Waals surface area contributed by atoms with E-state index in [-0.39, 0.29) is 5.78 Å². The third-order valence-corrected chi connectivity index (χ3v) is 9.63. The van der Waals surface area contributed by atoms with Crippen LogP contribution in [-0.4, -0.2) is 11.9 Å². The molecule has 1 aromatic heterocycles. The van der Waals surface area contributed by atoms with Crippen molar-refractivity contribution in [3.05, 3.63) is 169 Å². The molecule has 0 spiro atoms. The van der Waals surface area contributed by atoms with Crippen LogP contribution in [0.25, 0.3) is 0 Å². The van der Waals surface area contributed by atoms with Gasteiger partial charge in [0.1, 0.15) is 52.7 Å². The highest BCUT2D eigenvalue weighted by atomic mass is 32.1. The normalized spacial score (nSPS) is 11.6. The number of hydrogen-bond donors (Lipinski definition) is 0. The van der Waals surface area contributed by atoms with Crippen molar-refractivity contribution in [2.24, 2.45) is 0 Å². The second-order valence-corrected chi connectivity index (χ2v) is 13.0. The minimum Gasteiger partial charge on any atom is -0.295 e. The number of ketones is 1. The molecule has 6 aromatic rings. The SMILES string of the molecule is CC(=O)c1ccc(C[n+]2ccsc2)cc1.Fc1c(F)c(F)c([B-](c2c(F)c(F)c(F)c(F)c2F)(c2c(F)c(F)c(F)c(F)c2F)c2c(F)c(F)c(F)c(F)c2F)c(F)c1F. The molecule has 0 saturated carbocycles. The smallest absolute Gasteiger partial charge is 0.224 e. The van der Waals surface area contributed by atoms with E-state index in [0.29, 0.717) is 0 Å². The van der Waals surface area contributed by atoms with Gasteiger partial charge in [0.2, 0.25) is 5.51 Å². The van der Waals surface area contributed by atoms with Gasteiger partial charge in [-0.3, -0.25) is 4.79 Å². The molecule has 0 aliphatic rings. The van der Waals surface area contributed by atoms with Crippen LogP contribution in [-0.2, 0) is 6.54 Å². The first-order valence-electron chi connectivity index (χ1n) is 15.7.